The predicted molar refractivity (Wildman–Crippen MR) is 118 cm³/mol. The fraction of sp³-hybridized carbons (Fsp3) is 0.217. The van der Waals surface area contributed by atoms with Crippen molar-refractivity contribution >= 4 is 29.3 Å². The molecule has 7 nitrogen and oxygen atoms in total. The lowest BCUT2D eigenvalue weighted by molar-refractivity contribution is -0.128. The summed E-state index contributed by atoms with van der Waals surface area (Å²) in [5.74, 6) is 2.13. The van der Waals surface area contributed by atoms with Crippen LogP contribution in [0.25, 0.3) is 0 Å². The third kappa shape index (κ3) is 4.54. The Balaban J connectivity index is 1.47. The van der Waals surface area contributed by atoms with Crippen LogP contribution in [0.15, 0.2) is 65.3 Å². The summed E-state index contributed by atoms with van der Waals surface area (Å²) in [6.07, 6.45) is 1.60. The van der Waals surface area contributed by atoms with Crippen molar-refractivity contribution in [3.05, 3.63) is 77.7 Å². The second-order valence-electron chi connectivity index (χ2n) is 6.91. The summed E-state index contributed by atoms with van der Waals surface area (Å²) >= 11 is 1.56. The Kier molecular flexibility index (Phi) is 6.18. The van der Waals surface area contributed by atoms with Crippen molar-refractivity contribution in [1.29, 1.82) is 0 Å². The summed E-state index contributed by atoms with van der Waals surface area (Å²) in [5, 5.41) is 2.75. The lowest BCUT2D eigenvalue weighted by atomic mass is 10.1. The van der Waals surface area contributed by atoms with Crippen LogP contribution >= 0.6 is 11.8 Å². The molecular formula is C23H22N2O5S. The summed E-state index contributed by atoms with van der Waals surface area (Å²) in [5.41, 5.74) is 2.02. The number of amides is 2. The van der Waals surface area contributed by atoms with Crippen molar-refractivity contribution in [2.75, 3.05) is 25.3 Å². The molecule has 160 valence electrons. The van der Waals surface area contributed by atoms with Crippen LogP contribution in [0.4, 0.5) is 5.69 Å². The number of nitrogens with one attached hydrogen (secondary N) is 1. The highest BCUT2D eigenvalue weighted by molar-refractivity contribution is 8.00. The monoisotopic (exact) mass is 438 g/mol. The minimum Gasteiger partial charge on any atom is -0.497 e. The first-order valence-corrected chi connectivity index (χ1v) is 10.7. The van der Waals surface area contributed by atoms with Gasteiger partial charge in [-0.2, -0.15) is 0 Å². The van der Waals surface area contributed by atoms with E-state index < -0.39 is 0 Å². The number of hydrogen-bond acceptors (Lipinski definition) is 6. The highest BCUT2D eigenvalue weighted by Gasteiger charge is 2.33. The van der Waals surface area contributed by atoms with Gasteiger partial charge in [-0.05, 0) is 42.0 Å². The Labute approximate surface area is 184 Å². The first kappa shape index (κ1) is 20.9. The molecule has 8 heteroatoms. The number of furan rings is 1. The molecule has 1 atom stereocenters. The van der Waals surface area contributed by atoms with Gasteiger partial charge in [0.05, 0.1) is 38.5 Å². The van der Waals surface area contributed by atoms with Gasteiger partial charge >= 0.3 is 0 Å². The molecule has 0 saturated carbocycles. The Morgan fingerprint density at radius 1 is 1.16 bits per heavy atom. The van der Waals surface area contributed by atoms with Gasteiger partial charge in [0.1, 0.15) is 22.6 Å². The van der Waals surface area contributed by atoms with Gasteiger partial charge in [0.25, 0.3) is 5.91 Å². The fourth-order valence-electron chi connectivity index (χ4n) is 3.37. The van der Waals surface area contributed by atoms with Crippen LogP contribution in [0, 0.1) is 0 Å². The lowest BCUT2D eigenvalue weighted by Crippen LogP contribution is -2.27. The number of carbonyl (C=O) groups excluding carboxylic acids is 2. The van der Waals surface area contributed by atoms with Crippen LogP contribution in [0.1, 0.15) is 27.1 Å². The number of anilines is 1. The first-order valence-electron chi connectivity index (χ1n) is 9.66. The predicted octanol–water partition coefficient (Wildman–Crippen LogP) is 4.32. The van der Waals surface area contributed by atoms with Crippen LogP contribution in [0.3, 0.4) is 0 Å². The second kappa shape index (κ2) is 9.18. The van der Waals surface area contributed by atoms with Gasteiger partial charge in [-0.25, -0.2) is 0 Å². The van der Waals surface area contributed by atoms with Crippen molar-refractivity contribution in [2.45, 2.75) is 11.9 Å². The molecule has 1 N–H and O–H groups in total. The van der Waals surface area contributed by atoms with Crippen molar-refractivity contribution in [1.82, 2.24) is 4.90 Å². The highest BCUT2D eigenvalue weighted by atomic mass is 32.2. The van der Waals surface area contributed by atoms with Crippen molar-refractivity contribution in [3.8, 4) is 11.5 Å². The highest BCUT2D eigenvalue weighted by Crippen LogP contribution is 2.39. The van der Waals surface area contributed by atoms with E-state index in [1.807, 2.05) is 24.3 Å². The zero-order valence-corrected chi connectivity index (χ0v) is 18.0. The molecular weight excluding hydrogens is 416 g/mol. The van der Waals surface area contributed by atoms with E-state index in [0.717, 1.165) is 11.3 Å². The van der Waals surface area contributed by atoms with E-state index in [4.69, 9.17) is 13.9 Å². The molecule has 0 radical (unpaired) electrons. The van der Waals surface area contributed by atoms with Gasteiger partial charge in [-0.3, -0.25) is 9.59 Å². The SMILES string of the molecule is COc1ccc(NC(=O)c2ccc([C@@H]3SCC(=O)N3Cc3ccco3)cc2)c(OC)c1. The van der Waals surface area contributed by atoms with Gasteiger partial charge in [0, 0.05) is 11.6 Å². The molecule has 0 unspecified atom stereocenters. The Hall–Kier alpha value is -3.39. The maximum Gasteiger partial charge on any atom is 0.255 e. The van der Waals surface area contributed by atoms with Crippen LogP contribution in [0.2, 0.25) is 0 Å². The molecule has 1 aliphatic rings. The summed E-state index contributed by atoms with van der Waals surface area (Å²) in [6, 6.07) is 16.1. The summed E-state index contributed by atoms with van der Waals surface area (Å²) in [7, 11) is 3.11. The molecule has 4 rings (SSSR count). The fourth-order valence-corrected chi connectivity index (χ4v) is 4.55. The van der Waals surface area contributed by atoms with E-state index in [2.05, 4.69) is 5.32 Å². The standard InChI is InChI=1S/C23H22N2O5S/c1-28-17-9-10-19(20(12-17)29-2)24-22(27)15-5-7-16(8-6-15)23-25(21(26)14-31-23)13-18-4-3-11-30-18/h3-12,23H,13-14H2,1-2H3,(H,24,27)/t23-/m0/s1. The molecule has 1 saturated heterocycles. The van der Waals surface area contributed by atoms with Crippen LogP contribution < -0.4 is 14.8 Å². The number of hydrogen-bond donors (Lipinski definition) is 1. The molecule has 31 heavy (non-hydrogen) atoms. The summed E-state index contributed by atoms with van der Waals surface area (Å²) in [6.45, 7) is 0.420. The maximum absolute atomic E-state index is 12.7. The second-order valence-corrected chi connectivity index (χ2v) is 7.98. The quantitative estimate of drug-likeness (QED) is 0.592. The van der Waals surface area contributed by atoms with E-state index in [1.54, 1.807) is 60.4 Å². The van der Waals surface area contributed by atoms with Gasteiger partial charge in [-0.15, -0.1) is 11.8 Å². The van der Waals surface area contributed by atoms with Crippen LogP contribution in [0.5, 0.6) is 11.5 Å². The van der Waals surface area contributed by atoms with Gasteiger partial charge in [0.15, 0.2) is 0 Å². The van der Waals surface area contributed by atoms with Crippen LogP contribution in [-0.2, 0) is 11.3 Å². The number of ether oxygens (including phenoxy) is 2. The Bertz CT molecular complexity index is 1070. The molecule has 2 aromatic carbocycles. The number of rotatable bonds is 7. The number of nitrogens with zero attached hydrogens (tertiary/aromatic N) is 1. The molecule has 1 aromatic heterocycles. The van der Waals surface area contributed by atoms with Gasteiger partial charge in [0.2, 0.25) is 5.91 Å². The van der Waals surface area contributed by atoms with E-state index >= 15 is 0 Å². The number of carbonyl (C=O) groups is 2. The Morgan fingerprint density at radius 2 is 1.97 bits per heavy atom. The van der Waals surface area contributed by atoms with E-state index in [-0.39, 0.29) is 17.2 Å². The first-order chi connectivity index (χ1) is 15.1. The maximum atomic E-state index is 12.7. The van der Waals surface area contributed by atoms with Crippen molar-refractivity contribution in [3.63, 3.8) is 0 Å². The van der Waals surface area contributed by atoms with Crippen LogP contribution in [-0.4, -0.2) is 36.7 Å². The minimum absolute atomic E-state index is 0.0693. The summed E-state index contributed by atoms with van der Waals surface area (Å²) < 4.78 is 15.9. The number of benzene rings is 2. The molecule has 1 aliphatic heterocycles. The van der Waals surface area contributed by atoms with Crippen molar-refractivity contribution < 1.29 is 23.5 Å². The van der Waals surface area contributed by atoms with E-state index in [9.17, 15) is 9.59 Å². The molecule has 2 heterocycles. The third-order valence-corrected chi connectivity index (χ3v) is 6.25. The van der Waals surface area contributed by atoms with Gasteiger partial charge in [-0.1, -0.05) is 12.1 Å². The molecule has 0 spiro atoms. The lowest BCUT2D eigenvalue weighted by Gasteiger charge is -2.23. The largest absolute Gasteiger partial charge is 0.497 e. The van der Waals surface area contributed by atoms with E-state index in [0.29, 0.717) is 35.0 Å². The molecule has 2 amide bonds. The normalized spacial score (nSPS) is 15.7. The molecule has 0 bridgehead atoms. The number of thioether (sulfide) groups is 1. The molecule has 0 aliphatic carbocycles. The third-order valence-electron chi connectivity index (χ3n) is 4.99. The zero-order chi connectivity index (χ0) is 21.8. The van der Waals surface area contributed by atoms with Gasteiger partial charge < -0.3 is 24.1 Å². The molecule has 3 aromatic rings. The Morgan fingerprint density at radius 3 is 2.65 bits per heavy atom. The average Bonchev–Trinajstić information content (AvgIpc) is 3.44. The average molecular weight is 439 g/mol. The van der Waals surface area contributed by atoms with Crippen molar-refractivity contribution in [2.24, 2.45) is 0 Å². The molecule has 1 fully saturated rings. The van der Waals surface area contributed by atoms with E-state index in [1.165, 1.54) is 7.11 Å². The zero-order valence-electron chi connectivity index (χ0n) is 17.2. The topological polar surface area (TPSA) is 81.0 Å². The number of methoxy groups -OCH3 is 2. The summed E-state index contributed by atoms with van der Waals surface area (Å²) in [4.78, 5) is 26.9. The minimum atomic E-state index is -0.252. The smallest absolute Gasteiger partial charge is 0.255 e.